The van der Waals surface area contributed by atoms with E-state index in [9.17, 15) is 0 Å². The molecule has 0 bridgehead atoms. The Hall–Kier alpha value is -0.890. The molecule has 0 aromatic carbocycles. The normalized spacial score (nSPS) is 21.5. The summed E-state index contributed by atoms with van der Waals surface area (Å²) in [5.74, 6) is 0. The van der Waals surface area contributed by atoms with Crippen molar-refractivity contribution in [2.24, 2.45) is 0 Å². The van der Waals surface area contributed by atoms with Gasteiger partial charge in [0.05, 0.1) is 12.6 Å². The average Bonchev–Trinajstić information content (AvgIpc) is 2.31. The SMILES string of the molecule is CCc1ccc(C[C@@H]2CCCC[NH2+]2)nc1. The van der Waals surface area contributed by atoms with Gasteiger partial charge in [0.2, 0.25) is 0 Å². The highest BCUT2D eigenvalue weighted by Gasteiger charge is 2.16. The van der Waals surface area contributed by atoms with Crippen LogP contribution in [-0.2, 0) is 12.8 Å². The minimum atomic E-state index is 0.777. The van der Waals surface area contributed by atoms with Crippen molar-refractivity contribution in [3.63, 3.8) is 0 Å². The lowest BCUT2D eigenvalue weighted by atomic mass is 10.00. The number of aromatic nitrogens is 1. The maximum Gasteiger partial charge on any atom is 0.0915 e. The minimum Gasteiger partial charge on any atom is -0.343 e. The van der Waals surface area contributed by atoms with Crippen molar-refractivity contribution in [3.05, 3.63) is 29.6 Å². The molecule has 1 aliphatic heterocycles. The van der Waals surface area contributed by atoms with Crippen LogP contribution in [0.3, 0.4) is 0 Å². The fourth-order valence-corrected chi connectivity index (χ4v) is 2.26. The predicted octanol–water partition coefficient (Wildman–Crippen LogP) is 1.30. The third kappa shape index (κ3) is 3.03. The van der Waals surface area contributed by atoms with E-state index in [4.69, 9.17) is 0 Å². The van der Waals surface area contributed by atoms with E-state index in [2.05, 4.69) is 29.4 Å². The number of hydrogen-bond donors (Lipinski definition) is 1. The second-order valence-corrected chi connectivity index (χ2v) is 4.50. The summed E-state index contributed by atoms with van der Waals surface area (Å²) in [7, 11) is 0. The van der Waals surface area contributed by atoms with Crippen LogP contribution in [0.25, 0.3) is 0 Å². The van der Waals surface area contributed by atoms with E-state index in [1.54, 1.807) is 0 Å². The van der Waals surface area contributed by atoms with Gasteiger partial charge in [0.25, 0.3) is 0 Å². The topological polar surface area (TPSA) is 29.5 Å². The Labute approximate surface area is 92.1 Å². The molecule has 15 heavy (non-hydrogen) atoms. The Morgan fingerprint density at radius 2 is 2.33 bits per heavy atom. The third-order valence-electron chi connectivity index (χ3n) is 3.29. The molecular formula is C13H21N2+. The Morgan fingerprint density at radius 3 is 2.93 bits per heavy atom. The quantitative estimate of drug-likeness (QED) is 0.792. The van der Waals surface area contributed by atoms with Gasteiger partial charge in [-0.1, -0.05) is 13.0 Å². The molecule has 1 saturated heterocycles. The summed E-state index contributed by atoms with van der Waals surface area (Å²) < 4.78 is 0. The molecule has 2 N–H and O–H groups in total. The number of quaternary nitrogens is 1. The summed E-state index contributed by atoms with van der Waals surface area (Å²) >= 11 is 0. The molecule has 0 aliphatic carbocycles. The van der Waals surface area contributed by atoms with Crippen molar-refractivity contribution < 1.29 is 5.32 Å². The van der Waals surface area contributed by atoms with Crippen LogP contribution < -0.4 is 5.32 Å². The second-order valence-electron chi connectivity index (χ2n) is 4.50. The number of hydrogen-bond acceptors (Lipinski definition) is 1. The highest BCUT2D eigenvalue weighted by Crippen LogP contribution is 2.08. The molecule has 2 heterocycles. The van der Waals surface area contributed by atoms with E-state index in [1.807, 2.05) is 6.20 Å². The first kappa shape index (κ1) is 10.6. The van der Waals surface area contributed by atoms with Crippen LogP contribution in [-0.4, -0.2) is 17.6 Å². The van der Waals surface area contributed by atoms with E-state index in [-0.39, 0.29) is 0 Å². The lowest BCUT2D eigenvalue weighted by molar-refractivity contribution is -0.697. The standard InChI is InChI=1S/C13H20N2/c1-2-11-6-7-13(15-10-11)9-12-5-3-4-8-14-12/h6-7,10,12,14H,2-5,8-9H2,1H3/p+1/t12-/m0/s1. The third-order valence-corrected chi connectivity index (χ3v) is 3.29. The fourth-order valence-electron chi connectivity index (χ4n) is 2.26. The molecule has 1 aromatic heterocycles. The van der Waals surface area contributed by atoms with Gasteiger partial charge in [-0.2, -0.15) is 0 Å². The Kier molecular flexibility index (Phi) is 3.73. The van der Waals surface area contributed by atoms with Crippen LogP contribution >= 0.6 is 0 Å². The Balaban J connectivity index is 1.91. The maximum absolute atomic E-state index is 4.52. The first-order chi connectivity index (χ1) is 7.38. The molecule has 1 aromatic rings. The molecule has 0 saturated carbocycles. The highest BCUT2D eigenvalue weighted by molar-refractivity contribution is 5.14. The molecule has 2 nitrogen and oxygen atoms in total. The zero-order valence-electron chi connectivity index (χ0n) is 9.58. The lowest BCUT2D eigenvalue weighted by Crippen LogP contribution is -2.91. The van der Waals surface area contributed by atoms with Gasteiger partial charge in [0, 0.05) is 18.3 Å². The monoisotopic (exact) mass is 205 g/mol. The molecule has 0 radical (unpaired) electrons. The summed E-state index contributed by atoms with van der Waals surface area (Å²) in [6, 6.07) is 5.19. The van der Waals surface area contributed by atoms with E-state index in [0.29, 0.717) is 0 Å². The van der Waals surface area contributed by atoms with Crippen molar-refractivity contribution in [2.75, 3.05) is 6.54 Å². The van der Waals surface area contributed by atoms with Crippen LogP contribution in [0.5, 0.6) is 0 Å². The van der Waals surface area contributed by atoms with E-state index < -0.39 is 0 Å². The van der Waals surface area contributed by atoms with Gasteiger partial charge >= 0.3 is 0 Å². The Bertz CT molecular complexity index is 286. The van der Waals surface area contributed by atoms with Gasteiger partial charge in [-0.05, 0) is 37.3 Å². The summed E-state index contributed by atoms with van der Waals surface area (Å²) in [5.41, 5.74) is 2.60. The van der Waals surface area contributed by atoms with E-state index >= 15 is 0 Å². The number of piperidine rings is 1. The first-order valence-corrected chi connectivity index (χ1v) is 6.15. The van der Waals surface area contributed by atoms with Crippen LogP contribution in [0, 0.1) is 0 Å². The van der Waals surface area contributed by atoms with Gasteiger partial charge in [-0.3, -0.25) is 4.98 Å². The molecule has 1 atom stereocenters. The molecule has 0 spiro atoms. The van der Waals surface area contributed by atoms with Gasteiger partial charge in [-0.15, -0.1) is 0 Å². The minimum absolute atomic E-state index is 0.777. The second kappa shape index (κ2) is 5.26. The Morgan fingerprint density at radius 1 is 1.40 bits per heavy atom. The number of nitrogens with two attached hydrogens (primary N) is 1. The lowest BCUT2D eigenvalue weighted by Gasteiger charge is -2.19. The zero-order valence-corrected chi connectivity index (χ0v) is 9.58. The molecule has 0 amide bonds. The highest BCUT2D eigenvalue weighted by atomic mass is 14.9. The van der Waals surface area contributed by atoms with Gasteiger partial charge in [-0.25, -0.2) is 0 Å². The smallest absolute Gasteiger partial charge is 0.0915 e. The summed E-state index contributed by atoms with van der Waals surface area (Å²) in [5, 5.41) is 2.49. The molecular weight excluding hydrogens is 184 g/mol. The van der Waals surface area contributed by atoms with Gasteiger partial charge < -0.3 is 5.32 Å². The van der Waals surface area contributed by atoms with Crippen molar-refractivity contribution in [1.29, 1.82) is 0 Å². The average molecular weight is 205 g/mol. The number of nitrogens with zero attached hydrogens (tertiary/aromatic N) is 1. The number of aryl methyl sites for hydroxylation is 1. The largest absolute Gasteiger partial charge is 0.343 e. The van der Waals surface area contributed by atoms with Crippen molar-refractivity contribution >= 4 is 0 Å². The first-order valence-electron chi connectivity index (χ1n) is 6.15. The van der Waals surface area contributed by atoms with E-state index in [1.165, 1.54) is 37.1 Å². The molecule has 2 rings (SSSR count). The molecule has 1 fully saturated rings. The van der Waals surface area contributed by atoms with Crippen molar-refractivity contribution in [3.8, 4) is 0 Å². The number of pyridine rings is 1. The molecule has 1 aliphatic rings. The predicted molar refractivity (Wildman–Crippen MR) is 61.8 cm³/mol. The zero-order chi connectivity index (χ0) is 10.5. The summed E-state index contributed by atoms with van der Waals surface area (Å²) in [4.78, 5) is 4.52. The molecule has 82 valence electrons. The van der Waals surface area contributed by atoms with Gasteiger partial charge in [0.15, 0.2) is 0 Å². The van der Waals surface area contributed by atoms with Crippen molar-refractivity contribution in [2.45, 2.75) is 45.1 Å². The van der Waals surface area contributed by atoms with Crippen molar-refractivity contribution in [1.82, 2.24) is 4.98 Å². The fraction of sp³-hybridized carbons (Fsp3) is 0.615. The summed E-state index contributed by atoms with van der Waals surface area (Å²) in [6.07, 6.45) is 8.40. The van der Waals surface area contributed by atoms with Crippen LogP contribution in [0.2, 0.25) is 0 Å². The maximum atomic E-state index is 4.52. The van der Waals surface area contributed by atoms with Crippen LogP contribution in [0.4, 0.5) is 0 Å². The van der Waals surface area contributed by atoms with Crippen LogP contribution in [0.1, 0.15) is 37.4 Å². The number of rotatable bonds is 3. The molecule has 2 heteroatoms. The summed E-state index contributed by atoms with van der Waals surface area (Å²) in [6.45, 7) is 3.48. The van der Waals surface area contributed by atoms with Crippen LogP contribution in [0.15, 0.2) is 18.3 Å². The van der Waals surface area contributed by atoms with E-state index in [0.717, 1.165) is 18.9 Å². The van der Waals surface area contributed by atoms with Gasteiger partial charge in [0.1, 0.15) is 0 Å². The molecule has 0 unspecified atom stereocenters.